The van der Waals surface area contributed by atoms with Crippen molar-refractivity contribution in [1.82, 2.24) is 19.6 Å². The highest BCUT2D eigenvalue weighted by atomic mass is 16.6. The molecule has 260 valence electrons. The fourth-order valence-corrected chi connectivity index (χ4v) is 7.43. The van der Waals surface area contributed by atoms with Gasteiger partial charge in [-0.05, 0) is 100 Å². The molecule has 0 saturated carbocycles. The van der Waals surface area contributed by atoms with E-state index in [2.05, 4.69) is 4.90 Å². The van der Waals surface area contributed by atoms with Gasteiger partial charge in [-0.3, -0.25) is 14.5 Å². The number of nitrogens with zero attached hydrogens (tertiary/aromatic N) is 4. The van der Waals surface area contributed by atoms with Crippen LogP contribution in [0, 0.1) is 0 Å². The number of likely N-dealkylation sites (tertiary alicyclic amines) is 2. The highest BCUT2D eigenvalue weighted by Crippen LogP contribution is 2.38. The van der Waals surface area contributed by atoms with Gasteiger partial charge >= 0.3 is 6.09 Å². The minimum absolute atomic E-state index is 0.0705. The van der Waals surface area contributed by atoms with Gasteiger partial charge in [0.05, 0.1) is 0 Å². The summed E-state index contributed by atoms with van der Waals surface area (Å²) < 4.78 is 11.9. The van der Waals surface area contributed by atoms with E-state index in [9.17, 15) is 14.4 Å². The van der Waals surface area contributed by atoms with Crippen LogP contribution in [0.3, 0.4) is 0 Å². The van der Waals surface area contributed by atoms with Crippen molar-refractivity contribution < 1.29 is 23.9 Å². The van der Waals surface area contributed by atoms with Crippen LogP contribution in [0.2, 0.25) is 0 Å². The van der Waals surface area contributed by atoms with Crippen molar-refractivity contribution in [2.24, 2.45) is 0 Å². The molecule has 3 amide bonds. The van der Waals surface area contributed by atoms with E-state index in [1.54, 1.807) is 32.7 Å². The lowest BCUT2D eigenvalue weighted by Gasteiger charge is -2.43. The molecule has 0 N–H and O–H groups in total. The molecule has 2 atom stereocenters. The molecule has 2 fully saturated rings. The second kappa shape index (κ2) is 15.0. The maximum atomic E-state index is 14.8. The lowest BCUT2D eigenvalue weighted by molar-refractivity contribution is -0.150. The fraction of sp³-hybridized carbons (Fsp3) is 0.475. The van der Waals surface area contributed by atoms with E-state index in [1.807, 2.05) is 83.8 Å². The summed E-state index contributed by atoms with van der Waals surface area (Å²) in [6, 6.07) is 23.9. The van der Waals surface area contributed by atoms with E-state index in [1.165, 1.54) is 17.7 Å². The number of amides is 3. The Morgan fingerprint density at radius 3 is 2.16 bits per heavy atom. The first kappa shape index (κ1) is 34.5. The number of hydrogen-bond acceptors (Lipinski definition) is 6. The van der Waals surface area contributed by atoms with Gasteiger partial charge in [-0.25, -0.2) is 4.79 Å². The minimum Gasteiger partial charge on any atom is -0.489 e. The van der Waals surface area contributed by atoms with Crippen LogP contribution in [-0.4, -0.2) is 88.9 Å². The summed E-state index contributed by atoms with van der Waals surface area (Å²) >= 11 is 0. The lowest BCUT2D eigenvalue weighted by Crippen LogP contribution is -2.54. The number of piperidine rings is 1. The monoisotopic (exact) mass is 666 g/mol. The minimum atomic E-state index is -0.970. The Hall–Kier alpha value is -4.37. The van der Waals surface area contributed by atoms with Gasteiger partial charge in [0, 0.05) is 32.7 Å². The molecular formula is C40H50N4O5. The number of carbonyl (C=O) groups is 3. The zero-order valence-corrected chi connectivity index (χ0v) is 29.3. The van der Waals surface area contributed by atoms with Gasteiger partial charge in [0.25, 0.3) is 5.91 Å². The van der Waals surface area contributed by atoms with Crippen LogP contribution in [0.15, 0.2) is 78.9 Å². The summed E-state index contributed by atoms with van der Waals surface area (Å²) in [7, 11) is 1.60. The number of rotatable bonds is 8. The summed E-state index contributed by atoms with van der Waals surface area (Å²) in [4.78, 5) is 50.5. The molecule has 3 aliphatic heterocycles. The zero-order chi connectivity index (χ0) is 34.5. The molecule has 2 saturated heterocycles. The van der Waals surface area contributed by atoms with Gasteiger partial charge in [0.1, 0.15) is 30.0 Å². The zero-order valence-electron chi connectivity index (χ0n) is 29.3. The highest BCUT2D eigenvalue weighted by molar-refractivity contribution is 5.93. The first-order chi connectivity index (χ1) is 23.6. The third kappa shape index (κ3) is 8.10. The van der Waals surface area contributed by atoms with Gasteiger partial charge in [0.15, 0.2) is 0 Å². The average Bonchev–Trinajstić information content (AvgIpc) is 3.65. The van der Waals surface area contributed by atoms with Crippen LogP contribution < -0.4 is 4.74 Å². The number of carbonyl (C=O) groups excluding carboxylic acids is 3. The van der Waals surface area contributed by atoms with Gasteiger partial charge in [-0.15, -0.1) is 0 Å². The number of benzene rings is 3. The second-order valence-corrected chi connectivity index (χ2v) is 14.5. The summed E-state index contributed by atoms with van der Waals surface area (Å²) in [5.74, 6) is 0.352. The summed E-state index contributed by atoms with van der Waals surface area (Å²) in [5, 5.41) is 0. The highest BCUT2D eigenvalue weighted by Gasteiger charge is 2.44. The molecule has 0 radical (unpaired) electrons. The molecule has 0 aliphatic carbocycles. The molecule has 3 aliphatic rings. The molecule has 6 rings (SSSR count). The summed E-state index contributed by atoms with van der Waals surface area (Å²) in [6.07, 6.45) is 4.30. The first-order valence-electron chi connectivity index (χ1n) is 17.7. The van der Waals surface area contributed by atoms with Crippen LogP contribution in [0.4, 0.5) is 4.79 Å². The number of likely N-dealkylation sites (N-methyl/N-ethyl adjacent to an activating group) is 1. The Morgan fingerprint density at radius 2 is 1.51 bits per heavy atom. The Balaban J connectivity index is 1.30. The number of fused-ring (bicyclic) bond motifs is 1. The van der Waals surface area contributed by atoms with Crippen molar-refractivity contribution in [1.29, 1.82) is 0 Å². The normalized spacial score (nSPS) is 19.2. The van der Waals surface area contributed by atoms with Crippen molar-refractivity contribution in [3.05, 3.63) is 101 Å². The smallest absolute Gasteiger partial charge is 0.410 e. The molecule has 9 nitrogen and oxygen atoms in total. The van der Waals surface area contributed by atoms with Crippen molar-refractivity contribution in [2.45, 2.75) is 83.2 Å². The van der Waals surface area contributed by atoms with E-state index in [4.69, 9.17) is 9.47 Å². The van der Waals surface area contributed by atoms with E-state index in [0.29, 0.717) is 44.3 Å². The largest absolute Gasteiger partial charge is 0.489 e. The van der Waals surface area contributed by atoms with Crippen molar-refractivity contribution >= 4 is 17.9 Å². The summed E-state index contributed by atoms with van der Waals surface area (Å²) in [6.45, 7) is 9.78. The van der Waals surface area contributed by atoms with Crippen LogP contribution >= 0.6 is 0 Å². The molecule has 0 spiro atoms. The number of hydrogen-bond donors (Lipinski definition) is 0. The maximum absolute atomic E-state index is 14.8. The Bertz CT molecular complexity index is 1590. The fourth-order valence-electron chi connectivity index (χ4n) is 7.43. The van der Waals surface area contributed by atoms with Crippen molar-refractivity contribution in [2.75, 3.05) is 39.8 Å². The van der Waals surface area contributed by atoms with Gasteiger partial charge in [0.2, 0.25) is 5.91 Å². The van der Waals surface area contributed by atoms with Crippen LogP contribution in [0.1, 0.15) is 80.8 Å². The van der Waals surface area contributed by atoms with Gasteiger partial charge in [-0.2, -0.15) is 0 Å². The molecule has 9 heteroatoms. The maximum Gasteiger partial charge on any atom is 0.410 e. The predicted octanol–water partition coefficient (Wildman–Crippen LogP) is 6.39. The van der Waals surface area contributed by atoms with E-state index >= 15 is 0 Å². The average molecular weight is 667 g/mol. The molecule has 3 aromatic rings. The lowest BCUT2D eigenvalue weighted by atomic mass is 9.89. The molecule has 3 aromatic carbocycles. The third-order valence-corrected chi connectivity index (χ3v) is 9.96. The molecular weight excluding hydrogens is 616 g/mol. The molecule has 2 unspecified atom stereocenters. The Labute approximate surface area is 290 Å². The Kier molecular flexibility index (Phi) is 10.6. The quantitative estimate of drug-likeness (QED) is 0.277. The Morgan fingerprint density at radius 1 is 0.857 bits per heavy atom. The topological polar surface area (TPSA) is 82.6 Å². The molecule has 49 heavy (non-hydrogen) atoms. The van der Waals surface area contributed by atoms with Crippen molar-refractivity contribution in [3.8, 4) is 5.75 Å². The second-order valence-electron chi connectivity index (χ2n) is 14.5. The van der Waals surface area contributed by atoms with Crippen LogP contribution in [0.5, 0.6) is 5.75 Å². The van der Waals surface area contributed by atoms with E-state index in [0.717, 1.165) is 48.4 Å². The molecule has 0 aromatic heterocycles. The SMILES string of the molecule is CN(C(=O)OC(C)(C)C)C(C(=O)N1CCc2cc(OCc3ccccc3)ccc2C1C(=O)N1CCC(N2CCCC2)CC1)c1ccccc1. The van der Waals surface area contributed by atoms with Crippen LogP contribution in [0.25, 0.3) is 0 Å². The third-order valence-electron chi connectivity index (χ3n) is 9.96. The van der Waals surface area contributed by atoms with Crippen LogP contribution in [-0.2, 0) is 27.4 Å². The predicted molar refractivity (Wildman–Crippen MR) is 189 cm³/mol. The first-order valence-corrected chi connectivity index (χ1v) is 17.7. The standard InChI is InChI=1S/C40H50N4O5/c1-40(2,3)49-39(47)41(4)35(30-15-9-6-10-16-30)38(46)44-26-19-31-27-33(48-28-29-13-7-5-8-14-29)17-18-34(31)36(44)37(45)43-24-20-32(21-25-43)42-22-11-12-23-42/h5-10,13-18,27,32,35-36H,11-12,19-26,28H2,1-4H3. The van der Waals surface area contributed by atoms with Gasteiger partial charge < -0.3 is 24.2 Å². The van der Waals surface area contributed by atoms with E-state index < -0.39 is 23.8 Å². The molecule has 3 heterocycles. The molecule has 0 bridgehead atoms. The van der Waals surface area contributed by atoms with Crippen molar-refractivity contribution in [3.63, 3.8) is 0 Å². The summed E-state index contributed by atoms with van der Waals surface area (Å²) in [5.41, 5.74) is 2.80. The van der Waals surface area contributed by atoms with Gasteiger partial charge in [-0.1, -0.05) is 66.7 Å². The van der Waals surface area contributed by atoms with E-state index in [-0.39, 0.29) is 11.8 Å². The number of ether oxygens (including phenoxy) is 2.